The summed E-state index contributed by atoms with van der Waals surface area (Å²) in [4.78, 5) is 25.5. The highest BCUT2D eigenvalue weighted by atomic mass is 32.2. The summed E-state index contributed by atoms with van der Waals surface area (Å²) in [5.74, 6) is 0.334. The number of carbonyl (C=O) groups excluding carboxylic acids is 1. The number of amides is 1. The SMILES string of the molecule is O=C(Nc1ccncn1)c1cccc(Cc2c(-c3ccccn3)nn(C3CCS(=O)(=O)C3)c2-c2ccccc2)c1. The summed E-state index contributed by atoms with van der Waals surface area (Å²) in [5.41, 5.74) is 5.51. The molecule has 200 valence electrons. The molecule has 0 saturated carbocycles. The number of nitrogens with zero attached hydrogens (tertiary/aromatic N) is 5. The van der Waals surface area contributed by atoms with Crippen LogP contribution in [0.5, 0.6) is 0 Å². The van der Waals surface area contributed by atoms with Gasteiger partial charge in [-0.3, -0.25) is 14.5 Å². The molecule has 0 bridgehead atoms. The van der Waals surface area contributed by atoms with Crippen LogP contribution in [0.15, 0.2) is 97.6 Å². The molecule has 4 heterocycles. The molecule has 1 unspecified atom stereocenters. The number of hydrogen-bond donors (Lipinski definition) is 1. The molecule has 1 amide bonds. The summed E-state index contributed by atoms with van der Waals surface area (Å²) in [7, 11) is -3.14. The van der Waals surface area contributed by atoms with Crippen LogP contribution in [0, 0.1) is 0 Å². The van der Waals surface area contributed by atoms with Crippen LogP contribution in [0.2, 0.25) is 0 Å². The second kappa shape index (κ2) is 10.8. The number of pyridine rings is 1. The lowest BCUT2D eigenvalue weighted by Crippen LogP contribution is -2.14. The van der Waals surface area contributed by atoms with E-state index in [-0.39, 0.29) is 23.5 Å². The van der Waals surface area contributed by atoms with Gasteiger partial charge < -0.3 is 5.32 Å². The van der Waals surface area contributed by atoms with E-state index >= 15 is 0 Å². The van der Waals surface area contributed by atoms with Gasteiger partial charge in [0.2, 0.25) is 0 Å². The third-order valence-electron chi connectivity index (χ3n) is 6.91. The Kier molecular flexibility index (Phi) is 6.91. The number of anilines is 1. The van der Waals surface area contributed by atoms with Gasteiger partial charge in [-0.2, -0.15) is 5.10 Å². The average molecular weight is 551 g/mol. The van der Waals surface area contributed by atoms with E-state index in [9.17, 15) is 13.2 Å². The molecule has 0 radical (unpaired) electrons. The summed E-state index contributed by atoms with van der Waals surface area (Å²) in [6, 6.07) is 24.3. The van der Waals surface area contributed by atoms with Crippen molar-refractivity contribution < 1.29 is 13.2 Å². The molecular weight excluding hydrogens is 524 g/mol. The van der Waals surface area contributed by atoms with Crippen molar-refractivity contribution in [3.05, 3.63) is 114 Å². The summed E-state index contributed by atoms with van der Waals surface area (Å²) >= 11 is 0. The number of aromatic nitrogens is 5. The zero-order chi connectivity index (χ0) is 27.5. The molecular formula is C30H26N6O3S. The van der Waals surface area contributed by atoms with Gasteiger partial charge in [0.05, 0.1) is 28.9 Å². The van der Waals surface area contributed by atoms with Crippen LogP contribution in [0.3, 0.4) is 0 Å². The Labute approximate surface area is 231 Å². The maximum Gasteiger partial charge on any atom is 0.256 e. The van der Waals surface area contributed by atoms with Gasteiger partial charge in [-0.05, 0) is 42.3 Å². The Hall–Kier alpha value is -4.70. The minimum absolute atomic E-state index is 0.0499. The van der Waals surface area contributed by atoms with E-state index in [1.807, 2.05) is 71.4 Å². The first kappa shape index (κ1) is 25.6. The fraction of sp³-hybridized carbons (Fsp3) is 0.167. The van der Waals surface area contributed by atoms with Crippen LogP contribution in [-0.2, 0) is 16.3 Å². The van der Waals surface area contributed by atoms with Gasteiger partial charge in [0.25, 0.3) is 5.91 Å². The highest BCUT2D eigenvalue weighted by Crippen LogP contribution is 2.37. The first-order valence-electron chi connectivity index (χ1n) is 12.9. The molecule has 1 aliphatic heterocycles. The number of nitrogens with one attached hydrogen (secondary N) is 1. The Morgan fingerprint density at radius 3 is 2.52 bits per heavy atom. The van der Waals surface area contributed by atoms with Crippen molar-refractivity contribution in [3.63, 3.8) is 0 Å². The average Bonchev–Trinajstić information content (AvgIpc) is 3.54. The highest BCUT2D eigenvalue weighted by Gasteiger charge is 2.33. The molecule has 3 aromatic heterocycles. The first-order chi connectivity index (χ1) is 19.5. The topological polar surface area (TPSA) is 120 Å². The molecule has 0 spiro atoms. The van der Waals surface area contributed by atoms with Crippen LogP contribution < -0.4 is 5.32 Å². The molecule has 1 atom stereocenters. The van der Waals surface area contributed by atoms with Crippen molar-refractivity contribution >= 4 is 21.6 Å². The van der Waals surface area contributed by atoms with E-state index in [0.29, 0.717) is 35.6 Å². The van der Waals surface area contributed by atoms with Crippen molar-refractivity contribution in [3.8, 4) is 22.6 Å². The lowest BCUT2D eigenvalue weighted by atomic mass is 9.96. The fourth-order valence-electron chi connectivity index (χ4n) is 5.06. The molecule has 1 saturated heterocycles. The third kappa shape index (κ3) is 5.39. The van der Waals surface area contributed by atoms with Gasteiger partial charge in [0, 0.05) is 35.5 Å². The molecule has 10 heteroatoms. The largest absolute Gasteiger partial charge is 0.306 e. The first-order valence-corrected chi connectivity index (χ1v) is 14.7. The molecule has 40 heavy (non-hydrogen) atoms. The summed E-state index contributed by atoms with van der Waals surface area (Å²) in [6.07, 6.45) is 5.63. The predicted molar refractivity (Wildman–Crippen MR) is 152 cm³/mol. The second-order valence-corrected chi connectivity index (χ2v) is 11.9. The van der Waals surface area contributed by atoms with E-state index in [1.54, 1.807) is 24.5 Å². The monoisotopic (exact) mass is 550 g/mol. The number of sulfone groups is 1. The molecule has 2 aromatic carbocycles. The van der Waals surface area contributed by atoms with Crippen molar-refractivity contribution in [2.24, 2.45) is 0 Å². The molecule has 1 fully saturated rings. The lowest BCUT2D eigenvalue weighted by Gasteiger charge is -2.15. The van der Waals surface area contributed by atoms with Crippen LogP contribution in [0.1, 0.15) is 33.9 Å². The maximum atomic E-state index is 13.0. The Bertz CT molecular complexity index is 1760. The van der Waals surface area contributed by atoms with Crippen molar-refractivity contribution in [1.82, 2.24) is 24.7 Å². The zero-order valence-corrected chi connectivity index (χ0v) is 22.3. The summed E-state index contributed by atoms with van der Waals surface area (Å²) in [5, 5.41) is 7.81. The van der Waals surface area contributed by atoms with Crippen molar-refractivity contribution in [1.29, 1.82) is 0 Å². The van der Waals surface area contributed by atoms with Crippen molar-refractivity contribution in [2.75, 3.05) is 16.8 Å². The second-order valence-electron chi connectivity index (χ2n) is 9.68. The van der Waals surface area contributed by atoms with Crippen LogP contribution >= 0.6 is 0 Å². The van der Waals surface area contributed by atoms with Crippen LogP contribution in [0.25, 0.3) is 22.6 Å². The fourth-order valence-corrected chi connectivity index (χ4v) is 6.75. The molecule has 1 aliphatic rings. The van der Waals surface area contributed by atoms with Gasteiger partial charge >= 0.3 is 0 Å². The molecule has 0 aliphatic carbocycles. The van der Waals surface area contributed by atoms with Gasteiger partial charge in [-0.15, -0.1) is 0 Å². The van der Waals surface area contributed by atoms with Gasteiger partial charge in [0.1, 0.15) is 17.8 Å². The minimum atomic E-state index is -3.14. The van der Waals surface area contributed by atoms with E-state index < -0.39 is 9.84 Å². The van der Waals surface area contributed by atoms with Gasteiger partial charge in [-0.1, -0.05) is 48.5 Å². The van der Waals surface area contributed by atoms with E-state index in [0.717, 1.165) is 22.4 Å². The summed E-state index contributed by atoms with van der Waals surface area (Å²) < 4.78 is 26.8. The van der Waals surface area contributed by atoms with Gasteiger partial charge in [-0.25, -0.2) is 18.4 Å². The van der Waals surface area contributed by atoms with Gasteiger partial charge in [0.15, 0.2) is 9.84 Å². The molecule has 1 N–H and O–H groups in total. The number of benzene rings is 2. The standard InChI is InChI=1S/C30H26N6O3S/c37-30(34-27-12-15-31-20-33-27)23-10-6-7-21(17-23)18-25-28(26-11-4-5-14-32-26)35-36(24-13-16-40(38,39)19-24)29(25)22-8-2-1-3-9-22/h1-12,14-15,17,20,24H,13,16,18-19H2,(H,31,33,34,37). The van der Waals surface area contributed by atoms with Crippen molar-refractivity contribution in [2.45, 2.75) is 18.9 Å². The predicted octanol–water partition coefficient (Wildman–Crippen LogP) is 4.60. The molecule has 5 aromatic rings. The molecule has 6 rings (SSSR count). The Morgan fingerprint density at radius 2 is 1.80 bits per heavy atom. The highest BCUT2D eigenvalue weighted by molar-refractivity contribution is 7.91. The molecule has 9 nitrogen and oxygen atoms in total. The third-order valence-corrected chi connectivity index (χ3v) is 8.66. The van der Waals surface area contributed by atoms with Crippen LogP contribution in [0.4, 0.5) is 5.82 Å². The smallest absolute Gasteiger partial charge is 0.256 e. The Morgan fingerprint density at radius 1 is 0.950 bits per heavy atom. The van der Waals surface area contributed by atoms with E-state index in [2.05, 4.69) is 20.3 Å². The Balaban J connectivity index is 1.45. The summed E-state index contributed by atoms with van der Waals surface area (Å²) in [6.45, 7) is 0. The number of carbonyl (C=O) groups is 1. The maximum absolute atomic E-state index is 13.0. The van der Waals surface area contributed by atoms with E-state index in [4.69, 9.17) is 5.10 Å². The van der Waals surface area contributed by atoms with E-state index in [1.165, 1.54) is 6.33 Å². The quantitative estimate of drug-likeness (QED) is 0.314. The minimum Gasteiger partial charge on any atom is -0.306 e. The lowest BCUT2D eigenvalue weighted by molar-refractivity contribution is 0.102. The van der Waals surface area contributed by atoms with Crippen LogP contribution in [-0.4, -0.2) is 50.6 Å². The number of hydrogen-bond acceptors (Lipinski definition) is 7. The normalized spacial score (nSPS) is 16.1. The number of rotatable bonds is 7. The zero-order valence-electron chi connectivity index (χ0n) is 21.5.